The number of aromatic nitrogens is 3. The van der Waals surface area contributed by atoms with Gasteiger partial charge in [0.25, 0.3) is 0 Å². The molecule has 23 heavy (non-hydrogen) atoms. The molecular formula is C13H15F3N4O2S. The molecule has 1 fully saturated rings. The predicted octanol–water partition coefficient (Wildman–Crippen LogP) is 2.23. The van der Waals surface area contributed by atoms with Gasteiger partial charge in [0.05, 0.1) is 18.0 Å². The van der Waals surface area contributed by atoms with Crippen LogP contribution in [-0.2, 0) is 16.2 Å². The Morgan fingerprint density at radius 2 is 2.04 bits per heavy atom. The number of nitrogens with zero attached hydrogens (tertiary/aromatic N) is 4. The van der Waals surface area contributed by atoms with Crippen molar-refractivity contribution in [1.82, 2.24) is 18.7 Å². The number of imidazole rings is 1. The predicted molar refractivity (Wildman–Crippen MR) is 76.1 cm³/mol. The van der Waals surface area contributed by atoms with Crippen LogP contribution < -0.4 is 0 Å². The Morgan fingerprint density at radius 1 is 1.30 bits per heavy atom. The van der Waals surface area contributed by atoms with Crippen LogP contribution in [-0.4, -0.2) is 39.9 Å². The van der Waals surface area contributed by atoms with Gasteiger partial charge in [0, 0.05) is 18.9 Å². The minimum Gasteiger partial charge on any atom is -0.279 e. The lowest BCUT2D eigenvalue weighted by Gasteiger charge is -2.33. The van der Waals surface area contributed by atoms with Crippen LogP contribution in [0.15, 0.2) is 18.5 Å². The fourth-order valence-corrected chi connectivity index (χ4v) is 4.05. The van der Waals surface area contributed by atoms with E-state index in [-0.39, 0.29) is 18.0 Å². The third kappa shape index (κ3) is 3.05. The fraction of sp³-hybridized carbons (Fsp3) is 0.538. The lowest BCUT2D eigenvalue weighted by atomic mass is 10.0. The summed E-state index contributed by atoms with van der Waals surface area (Å²) in [5.41, 5.74) is -0.824. The second-order valence-electron chi connectivity index (χ2n) is 5.55. The number of hydrogen-bond acceptors (Lipinski definition) is 4. The first-order valence-corrected chi connectivity index (χ1v) is 8.91. The van der Waals surface area contributed by atoms with Gasteiger partial charge in [-0.2, -0.15) is 17.5 Å². The maximum Gasteiger partial charge on any atom is 0.431 e. The van der Waals surface area contributed by atoms with E-state index in [0.717, 1.165) is 23.1 Å². The zero-order chi connectivity index (χ0) is 16.8. The van der Waals surface area contributed by atoms with Gasteiger partial charge in [-0.3, -0.25) is 4.40 Å². The molecule has 1 aliphatic rings. The first-order chi connectivity index (χ1) is 10.7. The minimum atomic E-state index is -4.58. The number of fused-ring (bicyclic) bond motifs is 1. The molecule has 3 heterocycles. The summed E-state index contributed by atoms with van der Waals surface area (Å²) < 4.78 is 65.7. The van der Waals surface area contributed by atoms with E-state index in [0.29, 0.717) is 12.8 Å². The summed E-state index contributed by atoms with van der Waals surface area (Å²) in [4.78, 5) is 7.96. The van der Waals surface area contributed by atoms with E-state index in [1.165, 1.54) is 16.7 Å². The molecule has 0 amide bonds. The normalized spacial score (nSPS) is 21.0. The summed E-state index contributed by atoms with van der Waals surface area (Å²) in [7, 11) is -3.53. The SMILES string of the molecule is CS(=O)(=O)N1CCCC[C@H]1c1cc(C(F)(F)F)n2ccnc2n1. The highest BCUT2D eigenvalue weighted by Crippen LogP contribution is 2.35. The van der Waals surface area contributed by atoms with Crippen molar-refractivity contribution in [2.45, 2.75) is 31.5 Å². The topological polar surface area (TPSA) is 67.6 Å². The molecule has 2 aromatic rings. The molecular weight excluding hydrogens is 333 g/mol. The monoisotopic (exact) mass is 348 g/mol. The van der Waals surface area contributed by atoms with Gasteiger partial charge in [0.1, 0.15) is 5.69 Å². The van der Waals surface area contributed by atoms with Gasteiger partial charge < -0.3 is 0 Å². The lowest BCUT2D eigenvalue weighted by Crippen LogP contribution is -2.38. The number of sulfonamides is 1. The average molecular weight is 348 g/mol. The Labute approximate surface area is 131 Å². The Morgan fingerprint density at radius 3 is 2.70 bits per heavy atom. The zero-order valence-corrected chi connectivity index (χ0v) is 13.1. The van der Waals surface area contributed by atoms with Crippen LogP contribution in [0.3, 0.4) is 0 Å². The van der Waals surface area contributed by atoms with Gasteiger partial charge in [-0.05, 0) is 18.9 Å². The number of hydrogen-bond donors (Lipinski definition) is 0. The molecule has 1 aliphatic heterocycles. The number of rotatable bonds is 2. The highest BCUT2D eigenvalue weighted by Gasteiger charge is 2.37. The molecule has 0 spiro atoms. The Hall–Kier alpha value is -1.68. The molecule has 6 nitrogen and oxygen atoms in total. The molecule has 126 valence electrons. The Balaban J connectivity index is 2.15. The van der Waals surface area contributed by atoms with E-state index in [1.54, 1.807) is 0 Å². The average Bonchev–Trinajstić information content (AvgIpc) is 2.92. The van der Waals surface area contributed by atoms with Crippen molar-refractivity contribution < 1.29 is 21.6 Å². The summed E-state index contributed by atoms with van der Waals surface area (Å²) in [5.74, 6) is -0.0890. The van der Waals surface area contributed by atoms with E-state index in [4.69, 9.17) is 0 Å². The van der Waals surface area contributed by atoms with Crippen molar-refractivity contribution in [2.24, 2.45) is 0 Å². The van der Waals surface area contributed by atoms with Crippen LogP contribution in [0.25, 0.3) is 5.78 Å². The molecule has 0 unspecified atom stereocenters. The van der Waals surface area contributed by atoms with Crippen molar-refractivity contribution in [3.05, 3.63) is 29.8 Å². The van der Waals surface area contributed by atoms with Crippen LogP contribution in [0.1, 0.15) is 36.7 Å². The number of piperidine rings is 1. The van der Waals surface area contributed by atoms with Crippen LogP contribution >= 0.6 is 0 Å². The summed E-state index contributed by atoms with van der Waals surface area (Å²) >= 11 is 0. The quantitative estimate of drug-likeness (QED) is 0.835. The van der Waals surface area contributed by atoms with Crippen molar-refractivity contribution in [2.75, 3.05) is 12.8 Å². The molecule has 0 bridgehead atoms. The third-order valence-corrected chi connectivity index (χ3v) is 5.19. The largest absolute Gasteiger partial charge is 0.431 e. The zero-order valence-electron chi connectivity index (χ0n) is 12.3. The highest BCUT2D eigenvalue weighted by molar-refractivity contribution is 7.88. The Bertz CT molecular complexity index is 831. The summed E-state index contributed by atoms with van der Waals surface area (Å²) in [6.07, 6.45) is 0.751. The van der Waals surface area contributed by atoms with Crippen LogP contribution in [0.5, 0.6) is 0 Å². The number of alkyl halides is 3. The summed E-state index contributed by atoms with van der Waals surface area (Å²) in [6.45, 7) is 0.284. The second kappa shape index (κ2) is 5.45. The van der Waals surface area contributed by atoms with Gasteiger partial charge in [0.15, 0.2) is 0 Å². The van der Waals surface area contributed by atoms with Crippen molar-refractivity contribution in [1.29, 1.82) is 0 Å². The highest BCUT2D eigenvalue weighted by atomic mass is 32.2. The molecule has 3 rings (SSSR count). The molecule has 0 radical (unpaired) electrons. The van der Waals surface area contributed by atoms with Crippen LogP contribution in [0, 0.1) is 0 Å². The van der Waals surface area contributed by atoms with E-state index in [9.17, 15) is 21.6 Å². The number of halogens is 3. The van der Waals surface area contributed by atoms with Gasteiger partial charge >= 0.3 is 6.18 Å². The molecule has 0 aliphatic carbocycles. The van der Waals surface area contributed by atoms with Gasteiger partial charge in [0.2, 0.25) is 15.8 Å². The molecule has 0 N–H and O–H groups in total. The van der Waals surface area contributed by atoms with Gasteiger partial charge in [-0.25, -0.2) is 18.4 Å². The third-order valence-electron chi connectivity index (χ3n) is 3.91. The molecule has 1 atom stereocenters. The van der Waals surface area contributed by atoms with Crippen molar-refractivity contribution >= 4 is 15.8 Å². The summed E-state index contributed by atoms with van der Waals surface area (Å²) in [5, 5.41) is 0. The van der Waals surface area contributed by atoms with Gasteiger partial charge in [-0.15, -0.1) is 0 Å². The second-order valence-corrected chi connectivity index (χ2v) is 7.48. The van der Waals surface area contributed by atoms with E-state index in [2.05, 4.69) is 9.97 Å². The molecule has 2 aromatic heterocycles. The Kier molecular flexibility index (Phi) is 3.83. The first kappa shape index (κ1) is 16.2. The van der Waals surface area contributed by atoms with Crippen molar-refractivity contribution in [3.63, 3.8) is 0 Å². The molecule has 10 heteroatoms. The van der Waals surface area contributed by atoms with E-state index in [1.807, 2.05) is 0 Å². The van der Waals surface area contributed by atoms with Crippen LogP contribution in [0.4, 0.5) is 13.2 Å². The lowest BCUT2D eigenvalue weighted by molar-refractivity contribution is -0.142. The van der Waals surface area contributed by atoms with Crippen molar-refractivity contribution in [3.8, 4) is 0 Å². The minimum absolute atomic E-state index is 0.0844. The molecule has 0 saturated carbocycles. The van der Waals surface area contributed by atoms with E-state index < -0.39 is 27.9 Å². The molecule has 0 aromatic carbocycles. The van der Waals surface area contributed by atoms with E-state index >= 15 is 0 Å². The standard InChI is InChI=1S/C13H15F3N4O2S/c1-23(21,22)20-6-3-2-4-10(20)9-8-11(13(14,15)16)19-7-5-17-12(19)18-9/h5,7-8,10H,2-4,6H2,1H3/t10-/m0/s1. The summed E-state index contributed by atoms with van der Waals surface area (Å²) in [6, 6.07) is 0.226. The maximum atomic E-state index is 13.3. The fourth-order valence-electron chi connectivity index (χ4n) is 2.91. The maximum absolute atomic E-state index is 13.3. The van der Waals surface area contributed by atoms with Gasteiger partial charge in [-0.1, -0.05) is 6.42 Å². The first-order valence-electron chi connectivity index (χ1n) is 7.06. The smallest absolute Gasteiger partial charge is 0.279 e. The van der Waals surface area contributed by atoms with Crippen LogP contribution in [0.2, 0.25) is 0 Å². The molecule has 1 saturated heterocycles.